The van der Waals surface area contributed by atoms with Crippen LogP contribution in [0.25, 0.3) is 0 Å². The van der Waals surface area contributed by atoms with Crippen molar-refractivity contribution in [3.05, 3.63) is 32.8 Å². The fourth-order valence-corrected chi connectivity index (χ4v) is 3.22. The molecule has 1 saturated carbocycles. The second kappa shape index (κ2) is 5.52. The molecule has 5 nitrogen and oxygen atoms in total. The lowest BCUT2D eigenvalue weighted by atomic mass is 9.61. The lowest BCUT2D eigenvalue weighted by Gasteiger charge is -2.46. The van der Waals surface area contributed by atoms with Crippen molar-refractivity contribution in [2.24, 2.45) is 5.41 Å². The third kappa shape index (κ3) is 2.44. The molecule has 0 aliphatic heterocycles. The summed E-state index contributed by atoms with van der Waals surface area (Å²) in [5.41, 5.74) is -0.462. The van der Waals surface area contributed by atoms with E-state index in [1.807, 2.05) is 13.8 Å². The normalized spacial score (nSPS) is 20.4. The summed E-state index contributed by atoms with van der Waals surface area (Å²) >= 11 is 3.23. The molecule has 108 valence electrons. The number of carbonyl (C=O) groups is 1. The van der Waals surface area contributed by atoms with Gasteiger partial charge in [0.05, 0.1) is 16.4 Å². The molecular formula is C14H16BrNO4. The summed E-state index contributed by atoms with van der Waals surface area (Å²) in [7, 11) is 0. The molecule has 0 radical (unpaired) electrons. The summed E-state index contributed by atoms with van der Waals surface area (Å²) in [6.07, 6.45) is 1.63. The number of ketones is 1. The van der Waals surface area contributed by atoms with Gasteiger partial charge in [-0.15, -0.1) is 0 Å². The van der Waals surface area contributed by atoms with Crippen molar-refractivity contribution in [1.29, 1.82) is 0 Å². The molecule has 1 unspecified atom stereocenters. The van der Waals surface area contributed by atoms with Crippen molar-refractivity contribution < 1.29 is 14.5 Å². The van der Waals surface area contributed by atoms with Gasteiger partial charge in [0.2, 0.25) is 0 Å². The minimum absolute atomic E-state index is 0.0291. The molecule has 0 aromatic heterocycles. The molecule has 0 bridgehead atoms. The average molecular weight is 342 g/mol. The van der Waals surface area contributed by atoms with E-state index >= 15 is 0 Å². The van der Waals surface area contributed by atoms with Gasteiger partial charge in [0.25, 0.3) is 5.69 Å². The van der Waals surface area contributed by atoms with Gasteiger partial charge in [-0.05, 0) is 18.9 Å². The molecule has 0 heterocycles. The number of hydrogen-bond donors (Lipinski definition) is 0. The number of nitro benzene ring substituents is 1. The maximum Gasteiger partial charge on any atom is 0.274 e. The van der Waals surface area contributed by atoms with Crippen molar-refractivity contribution >= 4 is 27.4 Å². The summed E-state index contributed by atoms with van der Waals surface area (Å²) < 4.78 is 6.42. The van der Waals surface area contributed by atoms with Crippen molar-refractivity contribution in [3.63, 3.8) is 0 Å². The van der Waals surface area contributed by atoms with Gasteiger partial charge < -0.3 is 4.74 Å². The number of carbonyl (C=O) groups excluding carboxylic acids is 1. The molecule has 1 aromatic carbocycles. The van der Waals surface area contributed by atoms with Gasteiger partial charge >= 0.3 is 0 Å². The predicted octanol–water partition coefficient (Wildman–Crippen LogP) is 3.88. The van der Waals surface area contributed by atoms with Gasteiger partial charge in [-0.3, -0.25) is 14.9 Å². The van der Waals surface area contributed by atoms with Gasteiger partial charge in [-0.1, -0.05) is 29.8 Å². The average Bonchev–Trinajstić information content (AvgIpc) is 2.39. The van der Waals surface area contributed by atoms with E-state index in [0.717, 1.165) is 12.8 Å². The Labute approximate surface area is 125 Å². The van der Waals surface area contributed by atoms with Crippen LogP contribution in [0.3, 0.4) is 0 Å². The molecule has 0 saturated heterocycles. The first kappa shape index (κ1) is 15.0. The van der Waals surface area contributed by atoms with E-state index in [0.29, 0.717) is 16.6 Å². The van der Waals surface area contributed by atoms with Crippen LogP contribution in [-0.2, 0) is 4.79 Å². The quantitative estimate of drug-likeness (QED) is 0.601. The molecule has 1 atom stereocenters. The number of Topliss-reactive ketones (excluding diaryl/α,β-unsaturated/α-hetero) is 1. The highest BCUT2D eigenvalue weighted by molar-refractivity contribution is 9.10. The summed E-state index contributed by atoms with van der Waals surface area (Å²) in [5, 5.41) is 10.8. The van der Waals surface area contributed by atoms with E-state index in [2.05, 4.69) is 15.9 Å². The number of rotatable bonds is 5. The number of ether oxygens (including phenoxy) is 1. The van der Waals surface area contributed by atoms with Crippen LogP contribution in [0.4, 0.5) is 5.69 Å². The molecule has 20 heavy (non-hydrogen) atoms. The molecule has 6 heteroatoms. The summed E-state index contributed by atoms with van der Waals surface area (Å²) in [4.78, 5) is 22.2. The van der Waals surface area contributed by atoms with E-state index in [9.17, 15) is 14.9 Å². The fraction of sp³-hybridized carbons (Fsp3) is 0.500. The third-order valence-corrected chi connectivity index (χ3v) is 4.61. The molecule has 0 N–H and O–H groups in total. The second-order valence-electron chi connectivity index (χ2n) is 5.00. The Kier molecular flexibility index (Phi) is 4.13. The maximum atomic E-state index is 11.9. The minimum Gasteiger partial charge on any atom is -0.489 e. The number of benzene rings is 1. The number of nitrogens with zero attached hydrogens (tertiary/aromatic N) is 1. The van der Waals surface area contributed by atoms with Gasteiger partial charge in [-0.2, -0.15) is 0 Å². The Balaban J connectivity index is 2.23. The summed E-state index contributed by atoms with van der Waals surface area (Å²) in [5.74, 6) is 0.645. The first-order chi connectivity index (χ1) is 9.42. The Morgan fingerprint density at radius 2 is 2.05 bits per heavy atom. The molecular weight excluding hydrogens is 326 g/mol. The van der Waals surface area contributed by atoms with Crippen LogP contribution in [0.15, 0.2) is 22.7 Å². The van der Waals surface area contributed by atoms with Crippen LogP contribution in [0, 0.1) is 15.5 Å². The standard InChI is InChI=1S/C14H16BrNO4/c1-3-14(4-2)12(17)8-13(14)20-11-6-9(15)5-10(7-11)16(18)19/h5-7,13H,3-4,8H2,1-2H3. The zero-order valence-electron chi connectivity index (χ0n) is 11.4. The molecule has 1 aliphatic carbocycles. The number of nitro groups is 1. The van der Waals surface area contributed by atoms with Crippen LogP contribution in [0.5, 0.6) is 5.75 Å². The lowest BCUT2D eigenvalue weighted by Crippen LogP contribution is -2.56. The van der Waals surface area contributed by atoms with Gasteiger partial charge in [0.1, 0.15) is 17.6 Å². The fourth-order valence-electron chi connectivity index (χ4n) is 2.76. The van der Waals surface area contributed by atoms with Crippen molar-refractivity contribution in [2.75, 3.05) is 0 Å². The molecule has 2 rings (SSSR count). The van der Waals surface area contributed by atoms with Crippen LogP contribution < -0.4 is 4.74 Å². The maximum absolute atomic E-state index is 11.9. The Morgan fingerprint density at radius 1 is 1.40 bits per heavy atom. The topological polar surface area (TPSA) is 69.4 Å². The molecule has 0 spiro atoms. The Bertz CT molecular complexity index is 554. The third-order valence-electron chi connectivity index (χ3n) is 4.15. The molecule has 1 aliphatic rings. The van der Waals surface area contributed by atoms with Gasteiger partial charge in [-0.25, -0.2) is 0 Å². The highest BCUT2D eigenvalue weighted by Gasteiger charge is 2.53. The second-order valence-corrected chi connectivity index (χ2v) is 5.91. The molecule has 1 fully saturated rings. The summed E-state index contributed by atoms with van der Waals surface area (Å²) in [6, 6.07) is 4.50. The first-order valence-electron chi connectivity index (χ1n) is 6.58. The van der Waals surface area contributed by atoms with Crippen LogP contribution >= 0.6 is 15.9 Å². The van der Waals surface area contributed by atoms with Crippen molar-refractivity contribution in [2.45, 2.75) is 39.2 Å². The monoisotopic (exact) mass is 341 g/mol. The number of hydrogen-bond acceptors (Lipinski definition) is 4. The summed E-state index contributed by atoms with van der Waals surface area (Å²) in [6.45, 7) is 3.94. The van der Waals surface area contributed by atoms with E-state index in [1.165, 1.54) is 12.1 Å². The van der Waals surface area contributed by atoms with E-state index in [-0.39, 0.29) is 17.6 Å². The van der Waals surface area contributed by atoms with Gasteiger partial charge in [0.15, 0.2) is 0 Å². The number of non-ortho nitro benzene ring substituents is 1. The minimum atomic E-state index is -0.462. The highest BCUT2D eigenvalue weighted by Crippen LogP contribution is 2.46. The molecule has 0 amide bonds. The highest BCUT2D eigenvalue weighted by atomic mass is 79.9. The SMILES string of the molecule is CCC1(CC)C(=O)CC1Oc1cc(Br)cc([N+](=O)[O-])c1. The van der Waals surface area contributed by atoms with Gasteiger partial charge in [0, 0.05) is 17.0 Å². The Morgan fingerprint density at radius 3 is 2.55 bits per heavy atom. The predicted molar refractivity (Wildman–Crippen MR) is 77.9 cm³/mol. The van der Waals surface area contributed by atoms with E-state index in [4.69, 9.17) is 4.74 Å². The Hall–Kier alpha value is -1.43. The lowest BCUT2D eigenvalue weighted by molar-refractivity contribution is -0.385. The smallest absolute Gasteiger partial charge is 0.274 e. The van der Waals surface area contributed by atoms with Crippen LogP contribution in [-0.4, -0.2) is 16.8 Å². The van der Waals surface area contributed by atoms with Crippen molar-refractivity contribution in [1.82, 2.24) is 0 Å². The van der Waals surface area contributed by atoms with Crippen LogP contribution in [0.1, 0.15) is 33.1 Å². The zero-order chi connectivity index (χ0) is 14.9. The van der Waals surface area contributed by atoms with Crippen molar-refractivity contribution in [3.8, 4) is 5.75 Å². The largest absolute Gasteiger partial charge is 0.489 e. The zero-order valence-corrected chi connectivity index (χ0v) is 13.0. The van der Waals surface area contributed by atoms with E-state index < -0.39 is 10.3 Å². The van der Waals surface area contributed by atoms with Crippen LogP contribution in [0.2, 0.25) is 0 Å². The number of halogens is 1. The first-order valence-corrected chi connectivity index (χ1v) is 7.37. The molecule has 1 aromatic rings. The van der Waals surface area contributed by atoms with E-state index in [1.54, 1.807) is 6.07 Å².